The van der Waals surface area contributed by atoms with Gasteiger partial charge in [0, 0.05) is 0 Å². The molecule has 1 aromatic rings. The number of aliphatic hydroxyl groups is 1. The summed E-state index contributed by atoms with van der Waals surface area (Å²) in [7, 11) is 0. The highest BCUT2D eigenvalue weighted by atomic mass is 16.3. The summed E-state index contributed by atoms with van der Waals surface area (Å²) >= 11 is 0. The van der Waals surface area contributed by atoms with E-state index in [1.54, 1.807) is 0 Å². The minimum Gasteiger partial charge on any atom is -0.392 e. The van der Waals surface area contributed by atoms with Crippen molar-refractivity contribution in [3.63, 3.8) is 0 Å². The molecule has 0 radical (unpaired) electrons. The van der Waals surface area contributed by atoms with Crippen molar-refractivity contribution in [2.24, 2.45) is 5.41 Å². The highest BCUT2D eigenvalue weighted by Crippen LogP contribution is 2.35. The zero-order valence-electron chi connectivity index (χ0n) is 12.2. The molecule has 102 valence electrons. The van der Waals surface area contributed by atoms with Crippen molar-refractivity contribution in [3.05, 3.63) is 35.9 Å². The molecule has 0 heterocycles. The molecule has 1 heteroatoms. The molecule has 0 spiro atoms. The monoisotopic (exact) mass is 248 g/mol. The molecule has 0 aromatic heterocycles. The third kappa shape index (κ3) is 4.45. The van der Waals surface area contributed by atoms with Crippen LogP contribution in [-0.4, -0.2) is 11.2 Å². The molecule has 0 aliphatic rings. The Balaban J connectivity index is 2.66. The molecule has 1 N–H and O–H groups in total. The van der Waals surface area contributed by atoms with Crippen molar-refractivity contribution in [1.82, 2.24) is 0 Å². The van der Waals surface area contributed by atoms with E-state index in [-0.39, 0.29) is 11.5 Å². The maximum absolute atomic E-state index is 10.6. The Hall–Kier alpha value is -0.820. The van der Waals surface area contributed by atoms with Gasteiger partial charge in [0.25, 0.3) is 0 Å². The summed E-state index contributed by atoms with van der Waals surface area (Å²) in [6.45, 7) is 6.68. The van der Waals surface area contributed by atoms with Crippen LogP contribution in [0.1, 0.15) is 58.4 Å². The first-order valence-corrected chi connectivity index (χ1v) is 7.34. The van der Waals surface area contributed by atoms with Crippen LogP contribution in [-0.2, 0) is 6.42 Å². The van der Waals surface area contributed by atoms with E-state index in [1.807, 2.05) is 18.2 Å². The highest BCUT2D eigenvalue weighted by Gasteiger charge is 2.31. The van der Waals surface area contributed by atoms with Gasteiger partial charge < -0.3 is 5.11 Å². The van der Waals surface area contributed by atoms with E-state index in [9.17, 15) is 5.11 Å². The van der Waals surface area contributed by atoms with E-state index in [0.717, 1.165) is 25.7 Å². The number of hydrogen-bond donors (Lipinski definition) is 1. The summed E-state index contributed by atoms with van der Waals surface area (Å²) in [6.07, 6.45) is 6.35. The highest BCUT2D eigenvalue weighted by molar-refractivity contribution is 5.16. The Morgan fingerprint density at radius 1 is 1.06 bits per heavy atom. The molecule has 18 heavy (non-hydrogen) atoms. The average molecular weight is 248 g/mol. The van der Waals surface area contributed by atoms with E-state index in [1.165, 1.54) is 18.4 Å². The SMILES string of the molecule is CCCCC(C)(CCC)C(O)Cc1ccccc1. The summed E-state index contributed by atoms with van der Waals surface area (Å²) < 4.78 is 0. The number of unbranched alkanes of at least 4 members (excludes halogenated alkanes) is 1. The first-order chi connectivity index (χ1) is 8.62. The molecule has 0 fully saturated rings. The zero-order chi connectivity index (χ0) is 13.4. The Kier molecular flexibility index (Phi) is 6.42. The zero-order valence-corrected chi connectivity index (χ0v) is 12.2. The molecule has 1 rings (SSSR count). The second kappa shape index (κ2) is 7.58. The van der Waals surface area contributed by atoms with Crippen molar-refractivity contribution in [1.29, 1.82) is 0 Å². The Morgan fingerprint density at radius 2 is 1.72 bits per heavy atom. The summed E-state index contributed by atoms with van der Waals surface area (Å²) in [6, 6.07) is 10.3. The van der Waals surface area contributed by atoms with Crippen LogP contribution in [0, 0.1) is 5.41 Å². The Morgan fingerprint density at radius 3 is 2.28 bits per heavy atom. The van der Waals surface area contributed by atoms with Crippen LogP contribution >= 0.6 is 0 Å². The van der Waals surface area contributed by atoms with E-state index < -0.39 is 0 Å². The summed E-state index contributed by atoms with van der Waals surface area (Å²) in [5, 5.41) is 10.6. The van der Waals surface area contributed by atoms with Gasteiger partial charge in [0.05, 0.1) is 6.10 Å². The summed E-state index contributed by atoms with van der Waals surface area (Å²) in [5.41, 5.74) is 1.31. The normalized spacial score (nSPS) is 16.2. The minimum atomic E-state index is -0.230. The molecule has 2 unspecified atom stereocenters. The molecule has 0 saturated heterocycles. The van der Waals surface area contributed by atoms with Gasteiger partial charge in [-0.25, -0.2) is 0 Å². The van der Waals surface area contributed by atoms with Gasteiger partial charge in [0.2, 0.25) is 0 Å². The van der Waals surface area contributed by atoms with E-state index in [2.05, 4.69) is 32.9 Å². The number of rotatable bonds is 8. The fourth-order valence-corrected chi connectivity index (χ4v) is 2.69. The third-order valence-corrected chi connectivity index (χ3v) is 4.00. The van der Waals surface area contributed by atoms with E-state index in [0.29, 0.717) is 0 Å². The van der Waals surface area contributed by atoms with Gasteiger partial charge in [0.1, 0.15) is 0 Å². The van der Waals surface area contributed by atoms with Crippen LogP contribution in [0.4, 0.5) is 0 Å². The van der Waals surface area contributed by atoms with E-state index >= 15 is 0 Å². The minimum absolute atomic E-state index is 0.0700. The van der Waals surface area contributed by atoms with Gasteiger partial charge >= 0.3 is 0 Å². The second-order valence-corrected chi connectivity index (χ2v) is 5.71. The van der Waals surface area contributed by atoms with E-state index in [4.69, 9.17) is 0 Å². The number of benzene rings is 1. The fourth-order valence-electron chi connectivity index (χ4n) is 2.69. The topological polar surface area (TPSA) is 20.2 Å². The molecule has 1 nitrogen and oxygen atoms in total. The van der Waals surface area contributed by atoms with Crippen LogP contribution in [0.15, 0.2) is 30.3 Å². The summed E-state index contributed by atoms with van der Waals surface area (Å²) in [5.74, 6) is 0. The van der Waals surface area contributed by atoms with Gasteiger partial charge in [-0.1, -0.05) is 70.4 Å². The lowest BCUT2D eigenvalue weighted by atomic mass is 9.74. The largest absolute Gasteiger partial charge is 0.392 e. The molecule has 0 aliphatic heterocycles. The average Bonchev–Trinajstić information content (AvgIpc) is 2.38. The first kappa shape index (κ1) is 15.2. The molecule has 0 bridgehead atoms. The van der Waals surface area contributed by atoms with Crippen LogP contribution in [0.5, 0.6) is 0 Å². The van der Waals surface area contributed by atoms with Crippen molar-refractivity contribution in [2.75, 3.05) is 0 Å². The first-order valence-electron chi connectivity index (χ1n) is 7.34. The Labute approximate surface area is 112 Å². The van der Waals surface area contributed by atoms with Gasteiger partial charge in [-0.15, -0.1) is 0 Å². The lowest BCUT2D eigenvalue weighted by Crippen LogP contribution is -2.34. The number of hydrogen-bond acceptors (Lipinski definition) is 1. The van der Waals surface area contributed by atoms with Gasteiger partial charge in [0.15, 0.2) is 0 Å². The van der Waals surface area contributed by atoms with Crippen molar-refractivity contribution >= 4 is 0 Å². The van der Waals surface area contributed by atoms with Gasteiger partial charge in [-0.2, -0.15) is 0 Å². The third-order valence-electron chi connectivity index (χ3n) is 4.00. The maximum atomic E-state index is 10.6. The molecule has 2 atom stereocenters. The van der Waals surface area contributed by atoms with Crippen molar-refractivity contribution in [2.45, 2.75) is 65.4 Å². The predicted octanol–water partition coefficient (Wildman–Crippen LogP) is 4.59. The maximum Gasteiger partial charge on any atom is 0.0634 e. The van der Waals surface area contributed by atoms with Crippen molar-refractivity contribution in [3.8, 4) is 0 Å². The second-order valence-electron chi connectivity index (χ2n) is 5.71. The quantitative estimate of drug-likeness (QED) is 0.713. The van der Waals surface area contributed by atoms with Crippen LogP contribution < -0.4 is 0 Å². The van der Waals surface area contributed by atoms with Crippen LogP contribution in [0.3, 0.4) is 0 Å². The standard InChI is InChI=1S/C17H28O/c1-4-6-13-17(3,12-5-2)16(18)14-15-10-8-7-9-11-15/h7-11,16,18H,4-6,12-14H2,1-3H3. The van der Waals surface area contributed by atoms with Crippen LogP contribution in [0.25, 0.3) is 0 Å². The molecule has 0 aliphatic carbocycles. The molecule has 0 saturated carbocycles. The molecule has 1 aromatic carbocycles. The molecular formula is C17H28O. The van der Waals surface area contributed by atoms with Gasteiger partial charge in [-0.05, 0) is 30.2 Å². The van der Waals surface area contributed by atoms with Gasteiger partial charge in [-0.3, -0.25) is 0 Å². The van der Waals surface area contributed by atoms with Crippen molar-refractivity contribution < 1.29 is 5.11 Å². The fraction of sp³-hybridized carbons (Fsp3) is 0.647. The number of aliphatic hydroxyl groups excluding tert-OH is 1. The van der Waals surface area contributed by atoms with Crippen LogP contribution in [0.2, 0.25) is 0 Å². The Bertz CT molecular complexity index is 320. The predicted molar refractivity (Wildman–Crippen MR) is 78.7 cm³/mol. The lowest BCUT2D eigenvalue weighted by molar-refractivity contribution is 0.0224. The summed E-state index contributed by atoms with van der Waals surface area (Å²) in [4.78, 5) is 0. The molecular weight excluding hydrogens is 220 g/mol. The lowest BCUT2D eigenvalue weighted by Gasteiger charge is -2.35. The smallest absolute Gasteiger partial charge is 0.0634 e. The molecule has 0 amide bonds.